The van der Waals surface area contributed by atoms with E-state index in [1.165, 1.54) is 4.68 Å². The number of benzene rings is 1. The van der Waals surface area contributed by atoms with Crippen molar-refractivity contribution in [2.24, 2.45) is 5.41 Å². The summed E-state index contributed by atoms with van der Waals surface area (Å²) in [5, 5.41) is 4.90. The monoisotopic (exact) mass is 321 g/mol. The van der Waals surface area contributed by atoms with Crippen molar-refractivity contribution in [2.75, 3.05) is 0 Å². The van der Waals surface area contributed by atoms with Crippen LogP contribution in [-0.2, 0) is 4.79 Å². The van der Waals surface area contributed by atoms with Crippen LogP contribution in [0.15, 0.2) is 24.3 Å². The number of aromatic nitrogens is 3. The summed E-state index contributed by atoms with van der Waals surface area (Å²) >= 11 is 5.88. The van der Waals surface area contributed by atoms with Crippen LogP contribution in [0.3, 0.4) is 0 Å². The van der Waals surface area contributed by atoms with Gasteiger partial charge in [-0.3, -0.25) is 4.79 Å². The SMILES string of the molecule is Cc1nc(C)n([C@H](Oc2ccc(Cl)cc2)C(=O)C(C)(C)C)n1. The van der Waals surface area contributed by atoms with Gasteiger partial charge in [0.05, 0.1) is 0 Å². The molecule has 0 saturated heterocycles. The second-order valence-electron chi connectivity index (χ2n) is 6.19. The van der Waals surface area contributed by atoms with Crippen LogP contribution < -0.4 is 4.74 Å². The Morgan fingerprint density at radius 1 is 1.23 bits per heavy atom. The molecule has 1 heterocycles. The van der Waals surface area contributed by atoms with Gasteiger partial charge in [0.15, 0.2) is 0 Å². The number of aryl methyl sites for hydroxylation is 2. The van der Waals surface area contributed by atoms with Gasteiger partial charge in [-0.25, -0.2) is 9.67 Å². The molecule has 118 valence electrons. The van der Waals surface area contributed by atoms with E-state index in [9.17, 15) is 4.79 Å². The summed E-state index contributed by atoms with van der Waals surface area (Å²) in [5.41, 5.74) is -0.566. The van der Waals surface area contributed by atoms with Gasteiger partial charge in [-0.2, -0.15) is 5.10 Å². The number of halogens is 1. The Morgan fingerprint density at radius 2 is 1.82 bits per heavy atom. The first-order chi connectivity index (χ1) is 10.2. The van der Waals surface area contributed by atoms with Crippen LogP contribution in [0, 0.1) is 19.3 Å². The first-order valence-corrected chi connectivity index (χ1v) is 7.42. The molecule has 22 heavy (non-hydrogen) atoms. The highest BCUT2D eigenvalue weighted by Crippen LogP contribution is 2.27. The zero-order valence-electron chi connectivity index (χ0n) is 13.4. The van der Waals surface area contributed by atoms with Crippen LogP contribution in [-0.4, -0.2) is 20.5 Å². The van der Waals surface area contributed by atoms with E-state index in [4.69, 9.17) is 16.3 Å². The standard InChI is InChI=1S/C16H20ClN3O2/c1-10-18-11(2)20(19-10)15(14(21)16(3,4)5)22-13-8-6-12(17)7-9-13/h6-9,15H,1-5H3/t15-/m1/s1. The summed E-state index contributed by atoms with van der Waals surface area (Å²) in [6.07, 6.45) is -0.859. The Hall–Kier alpha value is -1.88. The maximum Gasteiger partial charge on any atom is 0.252 e. The molecule has 0 aliphatic heterocycles. The molecule has 2 aromatic rings. The zero-order chi connectivity index (χ0) is 16.5. The average Bonchev–Trinajstić information content (AvgIpc) is 2.75. The van der Waals surface area contributed by atoms with Gasteiger partial charge in [0, 0.05) is 10.4 Å². The third kappa shape index (κ3) is 3.65. The molecule has 0 bridgehead atoms. The molecule has 0 fully saturated rings. The molecular weight excluding hydrogens is 302 g/mol. The minimum absolute atomic E-state index is 0.0737. The summed E-state index contributed by atoms with van der Waals surface area (Å²) in [6, 6.07) is 6.89. The van der Waals surface area contributed by atoms with E-state index in [0.717, 1.165) is 0 Å². The lowest BCUT2D eigenvalue weighted by molar-refractivity contribution is -0.138. The van der Waals surface area contributed by atoms with Gasteiger partial charge in [0.2, 0.25) is 5.78 Å². The Bertz CT molecular complexity index is 672. The minimum Gasteiger partial charge on any atom is -0.461 e. The minimum atomic E-state index is -0.859. The first-order valence-electron chi connectivity index (χ1n) is 7.05. The largest absolute Gasteiger partial charge is 0.461 e. The molecule has 6 heteroatoms. The van der Waals surface area contributed by atoms with Gasteiger partial charge < -0.3 is 4.74 Å². The summed E-state index contributed by atoms with van der Waals surface area (Å²) in [7, 11) is 0. The van der Waals surface area contributed by atoms with E-state index >= 15 is 0 Å². The lowest BCUT2D eigenvalue weighted by Gasteiger charge is -2.25. The third-order valence-corrected chi connectivity index (χ3v) is 3.41. The van der Waals surface area contributed by atoms with Gasteiger partial charge in [0.25, 0.3) is 6.23 Å². The van der Waals surface area contributed by atoms with Gasteiger partial charge >= 0.3 is 0 Å². The van der Waals surface area contributed by atoms with Crippen LogP contribution in [0.25, 0.3) is 0 Å². The first kappa shape index (κ1) is 16.5. The summed E-state index contributed by atoms with van der Waals surface area (Å²) in [5.74, 6) is 1.72. The zero-order valence-corrected chi connectivity index (χ0v) is 14.2. The quantitative estimate of drug-likeness (QED) is 0.860. The van der Waals surface area contributed by atoms with Crippen molar-refractivity contribution >= 4 is 17.4 Å². The number of Topliss-reactive ketones (excluding diaryl/α,β-unsaturated/α-hetero) is 1. The predicted molar refractivity (Wildman–Crippen MR) is 85.1 cm³/mol. The molecule has 0 aliphatic rings. The van der Waals surface area contributed by atoms with Gasteiger partial charge in [0.1, 0.15) is 17.4 Å². The molecule has 0 radical (unpaired) electrons. The Balaban J connectivity index is 2.39. The fourth-order valence-corrected chi connectivity index (χ4v) is 2.11. The van der Waals surface area contributed by atoms with Gasteiger partial charge in [-0.15, -0.1) is 0 Å². The molecule has 2 rings (SSSR count). The number of hydrogen-bond donors (Lipinski definition) is 0. The van der Waals surface area contributed by atoms with E-state index in [-0.39, 0.29) is 5.78 Å². The lowest BCUT2D eigenvalue weighted by Crippen LogP contribution is -2.35. The van der Waals surface area contributed by atoms with E-state index in [1.807, 2.05) is 20.8 Å². The Morgan fingerprint density at radius 3 is 2.27 bits per heavy atom. The number of ether oxygens (including phenoxy) is 1. The van der Waals surface area contributed by atoms with E-state index in [0.29, 0.717) is 22.4 Å². The van der Waals surface area contributed by atoms with Crippen molar-refractivity contribution in [1.82, 2.24) is 14.8 Å². The maximum absolute atomic E-state index is 12.8. The molecule has 1 atom stereocenters. The number of hydrogen-bond acceptors (Lipinski definition) is 4. The lowest BCUT2D eigenvalue weighted by atomic mass is 9.89. The number of carbonyl (C=O) groups is 1. The molecule has 1 aromatic carbocycles. The highest BCUT2D eigenvalue weighted by Gasteiger charge is 2.34. The van der Waals surface area contributed by atoms with Crippen LogP contribution >= 0.6 is 11.6 Å². The second kappa shape index (κ2) is 6.08. The molecular formula is C16H20ClN3O2. The van der Waals surface area contributed by atoms with Crippen molar-refractivity contribution < 1.29 is 9.53 Å². The average molecular weight is 322 g/mol. The highest BCUT2D eigenvalue weighted by molar-refractivity contribution is 6.30. The second-order valence-corrected chi connectivity index (χ2v) is 6.63. The number of rotatable bonds is 4. The van der Waals surface area contributed by atoms with Crippen molar-refractivity contribution in [2.45, 2.75) is 40.8 Å². The van der Waals surface area contributed by atoms with Crippen molar-refractivity contribution in [1.29, 1.82) is 0 Å². The molecule has 0 unspecified atom stereocenters. The van der Waals surface area contributed by atoms with Crippen molar-refractivity contribution in [3.63, 3.8) is 0 Å². The molecule has 0 N–H and O–H groups in total. The molecule has 0 aliphatic carbocycles. The highest BCUT2D eigenvalue weighted by atomic mass is 35.5. The Labute approximate surface area is 135 Å². The maximum atomic E-state index is 12.8. The summed E-state index contributed by atoms with van der Waals surface area (Å²) < 4.78 is 7.42. The molecule has 0 saturated carbocycles. The van der Waals surface area contributed by atoms with Crippen molar-refractivity contribution in [3.8, 4) is 5.75 Å². The third-order valence-electron chi connectivity index (χ3n) is 3.15. The van der Waals surface area contributed by atoms with Crippen LogP contribution in [0.4, 0.5) is 0 Å². The van der Waals surface area contributed by atoms with Crippen LogP contribution in [0.5, 0.6) is 5.75 Å². The predicted octanol–water partition coefficient (Wildman–Crippen LogP) is 3.74. The van der Waals surface area contributed by atoms with Gasteiger partial charge in [-0.1, -0.05) is 32.4 Å². The molecule has 5 nitrogen and oxygen atoms in total. The molecule has 1 aromatic heterocycles. The Kier molecular flexibility index (Phi) is 4.56. The van der Waals surface area contributed by atoms with Crippen LogP contribution in [0.2, 0.25) is 5.02 Å². The van der Waals surface area contributed by atoms with Crippen LogP contribution in [0.1, 0.15) is 38.6 Å². The number of carbonyl (C=O) groups excluding carboxylic acids is 1. The molecule has 0 amide bonds. The van der Waals surface area contributed by atoms with E-state index in [1.54, 1.807) is 38.1 Å². The summed E-state index contributed by atoms with van der Waals surface area (Å²) in [4.78, 5) is 17.0. The smallest absolute Gasteiger partial charge is 0.252 e. The number of ketones is 1. The van der Waals surface area contributed by atoms with Crippen molar-refractivity contribution in [3.05, 3.63) is 40.9 Å². The number of nitrogens with zero attached hydrogens (tertiary/aromatic N) is 3. The van der Waals surface area contributed by atoms with E-state index in [2.05, 4.69) is 10.1 Å². The van der Waals surface area contributed by atoms with Gasteiger partial charge in [-0.05, 0) is 38.1 Å². The summed E-state index contributed by atoms with van der Waals surface area (Å²) in [6.45, 7) is 9.14. The normalized spacial score (nSPS) is 13.0. The van der Waals surface area contributed by atoms with E-state index < -0.39 is 11.6 Å². The topological polar surface area (TPSA) is 57.0 Å². The fourth-order valence-electron chi connectivity index (χ4n) is 1.99. The molecule has 0 spiro atoms. The fraction of sp³-hybridized carbons (Fsp3) is 0.438.